The second-order valence-corrected chi connectivity index (χ2v) is 2.98. The van der Waals surface area contributed by atoms with Crippen molar-refractivity contribution in [2.75, 3.05) is 6.54 Å². The Morgan fingerprint density at radius 2 is 2.18 bits per heavy atom. The lowest BCUT2D eigenvalue weighted by atomic mass is 10.1. The van der Waals surface area contributed by atoms with Gasteiger partial charge in [0.15, 0.2) is 0 Å². The fraction of sp³-hybridized carbons (Fsp3) is 0.667. The Bertz CT molecular complexity index is 152. The van der Waals surface area contributed by atoms with Gasteiger partial charge in [0, 0.05) is 12.5 Å². The third-order valence-corrected chi connectivity index (χ3v) is 1.62. The van der Waals surface area contributed by atoms with Crippen LogP contribution in [0.15, 0.2) is 12.2 Å². The summed E-state index contributed by atoms with van der Waals surface area (Å²) in [7, 11) is 0. The highest BCUT2D eigenvalue weighted by atomic mass is 16.1. The molecule has 0 aliphatic heterocycles. The van der Waals surface area contributed by atoms with Gasteiger partial charge in [-0.2, -0.15) is 0 Å². The molecule has 11 heavy (non-hydrogen) atoms. The molecule has 0 spiro atoms. The van der Waals surface area contributed by atoms with E-state index in [0.717, 1.165) is 12.0 Å². The first kappa shape index (κ1) is 10.2. The molecule has 0 heterocycles. The minimum atomic E-state index is 0.120. The van der Waals surface area contributed by atoms with Crippen LogP contribution in [0.2, 0.25) is 0 Å². The van der Waals surface area contributed by atoms with E-state index >= 15 is 0 Å². The van der Waals surface area contributed by atoms with Gasteiger partial charge in [0.25, 0.3) is 0 Å². The summed E-state index contributed by atoms with van der Waals surface area (Å²) in [6.07, 6.45) is 0.891. The van der Waals surface area contributed by atoms with E-state index in [1.54, 1.807) is 0 Å². The predicted molar refractivity (Wildman–Crippen MR) is 47.3 cm³/mol. The summed E-state index contributed by atoms with van der Waals surface area (Å²) in [5, 5.41) is 2.79. The number of rotatable bonds is 4. The maximum absolute atomic E-state index is 11.1. The molecule has 2 nitrogen and oxygen atoms in total. The summed E-state index contributed by atoms with van der Waals surface area (Å²) in [6.45, 7) is 10.1. The second kappa shape index (κ2) is 4.94. The van der Waals surface area contributed by atoms with Crippen LogP contribution >= 0.6 is 0 Å². The van der Waals surface area contributed by atoms with Crippen molar-refractivity contribution in [3.63, 3.8) is 0 Å². The number of hydrogen-bond donors (Lipinski definition) is 1. The predicted octanol–water partition coefficient (Wildman–Crippen LogP) is 1.72. The molecule has 0 aliphatic rings. The minimum absolute atomic E-state index is 0.120. The fourth-order valence-corrected chi connectivity index (χ4v) is 0.598. The van der Waals surface area contributed by atoms with E-state index in [1.165, 1.54) is 0 Å². The maximum Gasteiger partial charge on any atom is 0.223 e. The molecule has 1 atom stereocenters. The SMILES string of the molecule is C=C(C)CNC(=O)C(C)CC. The summed E-state index contributed by atoms with van der Waals surface area (Å²) >= 11 is 0. The average Bonchev–Trinajstić information content (AvgIpc) is 1.98. The highest BCUT2D eigenvalue weighted by Crippen LogP contribution is 1.99. The summed E-state index contributed by atoms with van der Waals surface area (Å²) in [5.41, 5.74) is 0.988. The van der Waals surface area contributed by atoms with E-state index in [1.807, 2.05) is 20.8 Å². The largest absolute Gasteiger partial charge is 0.352 e. The Kier molecular flexibility index (Phi) is 4.59. The van der Waals surface area contributed by atoms with E-state index in [2.05, 4.69) is 11.9 Å². The van der Waals surface area contributed by atoms with E-state index in [9.17, 15) is 4.79 Å². The lowest BCUT2D eigenvalue weighted by molar-refractivity contribution is -0.124. The third-order valence-electron chi connectivity index (χ3n) is 1.62. The number of nitrogens with one attached hydrogen (secondary N) is 1. The molecule has 1 amide bonds. The first-order chi connectivity index (χ1) is 5.07. The standard InChI is InChI=1S/C9H17NO/c1-5-8(4)9(11)10-6-7(2)3/h8H,2,5-6H2,1,3-4H3,(H,10,11). The van der Waals surface area contributed by atoms with Crippen LogP contribution in [0, 0.1) is 5.92 Å². The van der Waals surface area contributed by atoms with E-state index < -0.39 is 0 Å². The van der Waals surface area contributed by atoms with Crippen LogP contribution in [0.4, 0.5) is 0 Å². The first-order valence-corrected chi connectivity index (χ1v) is 4.00. The summed E-state index contributed by atoms with van der Waals surface area (Å²) in [6, 6.07) is 0. The van der Waals surface area contributed by atoms with Gasteiger partial charge in [-0.25, -0.2) is 0 Å². The molecule has 0 saturated heterocycles. The Balaban J connectivity index is 3.60. The molecule has 0 aromatic heterocycles. The maximum atomic E-state index is 11.1. The van der Waals surface area contributed by atoms with Gasteiger partial charge in [0.1, 0.15) is 0 Å². The van der Waals surface area contributed by atoms with Gasteiger partial charge in [-0.05, 0) is 13.3 Å². The molecule has 0 aromatic carbocycles. The molecule has 0 saturated carbocycles. The van der Waals surface area contributed by atoms with Gasteiger partial charge in [-0.3, -0.25) is 4.79 Å². The van der Waals surface area contributed by atoms with E-state index in [0.29, 0.717) is 6.54 Å². The molecule has 0 fully saturated rings. The number of hydrogen-bond acceptors (Lipinski definition) is 1. The zero-order chi connectivity index (χ0) is 8.85. The van der Waals surface area contributed by atoms with Crippen molar-refractivity contribution in [3.8, 4) is 0 Å². The molecule has 0 radical (unpaired) electrons. The lowest BCUT2D eigenvalue weighted by Gasteiger charge is -2.08. The molecular formula is C9H17NO. The second-order valence-electron chi connectivity index (χ2n) is 2.98. The van der Waals surface area contributed by atoms with Gasteiger partial charge in [0.2, 0.25) is 5.91 Å². The van der Waals surface area contributed by atoms with Crippen LogP contribution in [0.3, 0.4) is 0 Å². The topological polar surface area (TPSA) is 29.1 Å². The first-order valence-electron chi connectivity index (χ1n) is 4.00. The number of carbonyl (C=O) groups excluding carboxylic acids is 1. The van der Waals surface area contributed by atoms with Crippen molar-refractivity contribution in [2.45, 2.75) is 27.2 Å². The molecule has 0 bridgehead atoms. The highest BCUT2D eigenvalue weighted by Gasteiger charge is 2.08. The van der Waals surface area contributed by atoms with Crippen LogP contribution < -0.4 is 5.32 Å². The minimum Gasteiger partial charge on any atom is -0.352 e. The van der Waals surface area contributed by atoms with E-state index in [4.69, 9.17) is 0 Å². The van der Waals surface area contributed by atoms with Gasteiger partial charge < -0.3 is 5.32 Å². The van der Waals surface area contributed by atoms with Crippen LogP contribution in [0.5, 0.6) is 0 Å². The van der Waals surface area contributed by atoms with Crippen molar-refractivity contribution >= 4 is 5.91 Å². The van der Waals surface area contributed by atoms with Crippen LogP contribution in [-0.4, -0.2) is 12.5 Å². The average molecular weight is 155 g/mol. The molecule has 1 unspecified atom stereocenters. The Labute approximate surface area is 68.7 Å². The van der Waals surface area contributed by atoms with Crippen molar-refractivity contribution < 1.29 is 4.79 Å². The van der Waals surface area contributed by atoms with Crippen LogP contribution in [0.1, 0.15) is 27.2 Å². The molecular weight excluding hydrogens is 138 g/mol. The van der Waals surface area contributed by atoms with Crippen molar-refractivity contribution in [1.29, 1.82) is 0 Å². The summed E-state index contributed by atoms with van der Waals surface area (Å²) in [5.74, 6) is 0.241. The zero-order valence-electron chi connectivity index (χ0n) is 7.61. The number of carbonyl (C=O) groups is 1. The van der Waals surface area contributed by atoms with Crippen molar-refractivity contribution in [1.82, 2.24) is 5.32 Å². The normalized spacial score (nSPS) is 12.3. The Morgan fingerprint density at radius 3 is 2.55 bits per heavy atom. The molecule has 64 valence electrons. The van der Waals surface area contributed by atoms with Crippen LogP contribution in [-0.2, 0) is 4.79 Å². The van der Waals surface area contributed by atoms with Gasteiger partial charge >= 0.3 is 0 Å². The molecule has 1 N–H and O–H groups in total. The molecule has 0 rings (SSSR count). The Morgan fingerprint density at radius 1 is 1.64 bits per heavy atom. The fourth-order valence-electron chi connectivity index (χ4n) is 0.598. The Hall–Kier alpha value is -0.790. The monoisotopic (exact) mass is 155 g/mol. The number of amides is 1. The van der Waals surface area contributed by atoms with Crippen molar-refractivity contribution in [3.05, 3.63) is 12.2 Å². The van der Waals surface area contributed by atoms with Crippen LogP contribution in [0.25, 0.3) is 0 Å². The highest BCUT2D eigenvalue weighted by molar-refractivity contribution is 5.78. The summed E-state index contributed by atoms with van der Waals surface area (Å²) < 4.78 is 0. The molecule has 0 aromatic rings. The smallest absolute Gasteiger partial charge is 0.223 e. The van der Waals surface area contributed by atoms with Gasteiger partial charge in [-0.15, -0.1) is 0 Å². The molecule has 2 heteroatoms. The van der Waals surface area contributed by atoms with Crippen molar-refractivity contribution in [2.24, 2.45) is 5.92 Å². The zero-order valence-corrected chi connectivity index (χ0v) is 7.61. The quantitative estimate of drug-likeness (QED) is 0.615. The summed E-state index contributed by atoms with van der Waals surface area (Å²) in [4.78, 5) is 11.1. The lowest BCUT2D eigenvalue weighted by Crippen LogP contribution is -2.29. The van der Waals surface area contributed by atoms with Gasteiger partial charge in [-0.1, -0.05) is 26.0 Å². The third kappa shape index (κ3) is 4.59. The molecule has 0 aliphatic carbocycles. The van der Waals surface area contributed by atoms with Gasteiger partial charge in [0.05, 0.1) is 0 Å². The van der Waals surface area contributed by atoms with E-state index in [-0.39, 0.29) is 11.8 Å².